The Morgan fingerprint density at radius 2 is 2.00 bits per heavy atom. The van der Waals surface area contributed by atoms with Crippen molar-refractivity contribution >= 4 is 17.9 Å². The third kappa shape index (κ3) is 6.35. The minimum absolute atomic E-state index is 0.0406. The zero-order chi connectivity index (χ0) is 23.1. The molecule has 2 heterocycles. The molecule has 0 radical (unpaired) electrons. The lowest BCUT2D eigenvalue weighted by atomic mass is 10.0. The van der Waals surface area contributed by atoms with E-state index in [1.54, 1.807) is 48.3 Å². The third-order valence-corrected chi connectivity index (χ3v) is 5.29. The van der Waals surface area contributed by atoms with E-state index >= 15 is 0 Å². The molecule has 172 valence electrons. The lowest BCUT2D eigenvalue weighted by Crippen LogP contribution is -2.46. The number of piperidine rings is 1. The smallest absolute Gasteiger partial charge is 0.254 e. The van der Waals surface area contributed by atoms with Crippen LogP contribution in [0.1, 0.15) is 42.6 Å². The van der Waals surface area contributed by atoms with Crippen LogP contribution in [0.5, 0.6) is 11.5 Å². The second kappa shape index (κ2) is 10.8. The molecule has 0 unspecified atom stereocenters. The van der Waals surface area contributed by atoms with Crippen molar-refractivity contribution in [2.24, 2.45) is 13.0 Å². The van der Waals surface area contributed by atoms with Crippen LogP contribution in [0.4, 0.5) is 0 Å². The number of methoxy groups -OCH3 is 1. The quantitative estimate of drug-likeness (QED) is 0.638. The van der Waals surface area contributed by atoms with E-state index in [0.717, 1.165) is 18.4 Å². The van der Waals surface area contributed by atoms with Crippen LogP contribution in [0.15, 0.2) is 36.7 Å². The highest BCUT2D eigenvalue weighted by molar-refractivity contribution is 5.94. The van der Waals surface area contributed by atoms with Crippen molar-refractivity contribution in [2.45, 2.75) is 32.7 Å². The Kier molecular flexibility index (Phi) is 7.92. The maximum absolute atomic E-state index is 12.6. The summed E-state index contributed by atoms with van der Waals surface area (Å²) in [6.45, 7) is 6.00. The third-order valence-electron chi connectivity index (χ3n) is 5.29. The molecule has 1 aliphatic rings. The fraction of sp³-hybridized carbons (Fsp3) is 0.458. The summed E-state index contributed by atoms with van der Waals surface area (Å²) in [7, 11) is 3.38. The predicted molar refractivity (Wildman–Crippen MR) is 123 cm³/mol. The molecular weight excluding hydrogens is 408 g/mol. The Balaban J connectivity index is 1.50. The van der Waals surface area contributed by atoms with Gasteiger partial charge in [-0.15, -0.1) is 0 Å². The number of hydrogen-bond acceptors (Lipinski definition) is 5. The van der Waals surface area contributed by atoms with Gasteiger partial charge >= 0.3 is 0 Å². The summed E-state index contributed by atoms with van der Waals surface area (Å²) < 4.78 is 12.8. The van der Waals surface area contributed by atoms with Crippen molar-refractivity contribution in [2.75, 3.05) is 26.8 Å². The van der Waals surface area contributed by atoms with E-state index in [4.69, 9.17) is 9.47 Å². The van der Waals surface area contributed by atoms with E-state index in [-0.39, 0.29) is 17.9 Å². The number of carbonyl (C=O) groups excluding carboxylic acids is 2. The number of benzene rings is 1. The Bertz CT molecular complexity index is 959. The normalized spacial score (nSPS) is 14.7. The molecule has 0 bridgehead atoms. The van der Waals surface area contributed by atoms with Gasteiger partial charge in [0, 0.05) is 38.5 Å². The van der Waals surface area contributed by atoms with E-state index in [0.29, 0.717) is 42.7 Å². The van der Waals surface area contributed by atoms with Gasteiger partial charge in [-0.2, -0.15) is 5.10 Å². The highest BCUT2D eigenvalue weighted by Gasteiger charge is 2.23. The average Bonchev–Trinajstić information content (AvgIpc) is 3.23. The first-order valence-electron chi connectivity index (χ1n) is 10.9. The lowest BCUT2D eigenvalue weighted by Gasteiger charge is -2.31. The van der Waals surface area contributed by atoms with Crippen LogP contribution < -0.4 is 14.8 Å². The highest BCUT2D eigenvalue weighted by atomic mass is 16.5. The van der Waals surface area contributed by atoms with Crippen LogP contribution in [-0.4, -0.2) is 59.3 Å². The van der Waals surface area contributed by atoms with Gasteiger partial charge in [-0.05, 0) is 42.5 Å². The molecule has 8 nitrogen and oxygen atoms in total. The molecule has 1 aliphatic heterocycles. The number of likely N-dealkylation sites (tertiary alicyclic amines) is 1. The molecule has 2 aromatic rings. The summed E-state index contributed by atoms with van der Waals surface area (Å²) in [6.07, 6.45) is 8.06. The monoisotopic (exact) mass is 440 g/mol. The fourth-order valence-corrected chi connectivity index (χ4v) is 3.49. The van der Waals surface area contributed by atoms with E-state index in [9.17, 15) is 9.59 Å². The number of ether oxygens (including phenoxy) is 2. The summed E-state index contributed by atoms with van der Waals surface area (Å²) in [4.78, 5) is 26.7. The van der Waals surface area contributed by atoms with Gasteiger partial charge in [-0.1, -0.05) is 19.9 Å². The summed E-state index contributed by atoms with van der Waals surface area (Å²) in [6, 6.07) is 5.68. The summed E-state index contributed by atoms with van der Waals surface area (Å²) in [5.41, 5.74) is 1.41. The summed E-state index contributed by atoms with van der Waals surface area (Å²) >= 11 is 0. The van der Waals surface area contributed by atoms with Gasteiger partial charge in [0.25, 0.3) is 5.91 Å². The van der Waals surface area contributed by atoms with Crippen molar-refractivity contribution in [3.05, 3.63) is 47.8 Å². The van der Waals surface area contributed by atoms with E-state index < -0.39 is 0 Å². The molecule has 2 amide bonds. The number of rotatable bonds is 8. The predicted octanol–water partition coefficient (Wildman–Crippen LogP) is 2.90. The Labute approximate surface area is 189 Å². The number of aromatic nitrogens is 2. The van der Waals surface area contributed by atoms with Crippen molar-refractivity contribution in [1.82, 2.24) is 20.0 Å². The summed E-state index contributed by atoms with van der Waals surface area (Å²) in [5, 5.41) is 7.05. The lowest BCUT2D eigenvalue weighted by molar-refractivity contribution is -0.126. The highest BCUT2D eigenvalue weighted by Crippen LogP contribution is 2.29. The Morgan fingerprint density at radius 1 is 1.25 bits per heavy atom. The molecule has 8 heteroatoms. The minimum Gasteiger partial charge on any atom is -0.493 e. The largest absolute Gasteiger partial charge is 0.493 e. The Morgan fingerprint density at radius 3 is 2.62 bits per heavy atom. The maximum atomic E-state index is 12.6. The van der Waals surface area contributed by atoms with Crippen molar-refractivity contribution < 1.29 is 19.1 Å². The van der Waals surface area contributed by atoms with Crippen LogP contribution >= 0.6 is 0 Å². The number of aryl methyl sites for hydroxylation is 1. The van der Waals surface area contributed by atoms with Crippen LogP contribution in [0, 0.1) is 5.92 Å². The molecule has 1 N–H and O–H groups in total. The Hall–Kier alpha value is -3.29. The van der Waals surface area contributed by atoms with Gasteiger partial charge in [-0.3, -0.25) is 14.3 Å². The fourth-order valence-electron chi connectivity index (χ4n) is 3.49. The van der Waals surface area contributed by atoms with Crippen LogP contribution in [0.3, 0.4) is 0 Å². The molecule has 1 fully saturated rings. The van der Waals surface area contributed by atoms with Crippen LogP contribution in [-0.2, 0) is 11.8 Å². The van der Waals surface area contributed by atoms with Gasteiger partial charge in [-0.25, -0.2) is 0 Å². The molecule has 1 saturated heterocycles. The van der Waals surface area contributed by atoms with Crippen molar-refractivity contribution in [3.8, 4) is 11.5 Å². The minimum atomic E-state index is -0.127. The molecule has 0 saturated carbocycles. The van der Waals surface area contributed by atoms with Crippen molar-refractivity contribution in [1.29, 1.82) is 0 Å². The molecular formula is C24H32N4O4. The van der Waals surface area contributed by atoms with Gasteiger partial charge in [0.1, 0.15) is 0 Å². The first-order valence-corrected chi connectivity index (χ1v) is 10.9. The molecule has 32 heavy (non-hydrogen) atoms. The van der Waals surface area contributed by atoms with E-state index in [1.165, 1.54) is 0 Å². The van der Waals surface area contributed by atoms with Crippen molar-refractivity contribution in [3.63, 3.8) is 0 Å². The number of amides is 2. The average molecular weight is 441 g/mol. The maximum Gasteiger partial charge on any atom is 0.254 e. The van der Waals surface area contributed by atoms with Crippen LogP contribution in [0.2, 0.25) is 0 Å². The standard InChI is InChI=1S/C24H32N4O4/c1-17(2)16-32-21-7-5-18(13-22(21)31-4)6-8-23(29)28-11-9-20(10-12-28)26-24(30)19-14-25-27(3)15-19/h5-8,13-15,17,20H,9-12,16H2,1-4H3,(H,26,30)/b8-6+. The topological polar surface area (TPSA) is 85.7 Å². The molecule has 0 aliphatic carbocycles. The first-order chi connectivity index (χ1) is 15.4. The number of carbonyl (C=O) groups is 2. The van der Waals surface area contributed by atoms with E-state index in [1.807, 2.05) is 18.2 Å². The second-order valence-electron chi connectivity index (χ2n) is 8.42. The molecule has 0 atom stereocenters. The van der Waals surface area contributed by atoms with Gasteiger partial charge in [0.15, 0.2) is 11.5 Å². The molecule has 0 spiro atoms. The zero-order valence-corrected chi connectivity index (χ0v) is 19.2. The SMILES string of the molecule is COc1cc(/C=C/C(=O)N2CCC(NC(=O)c3cnn(C)c3)CC2)ccc1OCC(C)C. The number of nitrogens with zero attached hydrogens (tertiary/aromatic N) is 3. The molecule has 3 rings (SSSR count). The zero-order valence-electron chi connectivity index (χ0n) is 19.2. The second-order valence-corrected chi connectivity index (χ2v) is 8.42. The number of nitrogens with one attached hydrogen (secondary N) is 1. The van der Waals surface area contributed by atoms with Gasteiger partial charge in [0.05, 0.1) is 25.5 Å². The van der Waals surface area contributed by atoms with E-state index in [2.05, 4.69) is 24.3 Å². The molecule has 1 aromatic heterocycles. The van der Waals surface area contributed by atoms with Gasteiger partial charge in [0.2, 0.25) is 5.91 Å². The summed E-state index contributed by atoms with van der Waals surface area (Å²) in [5.74, 6) is 1.59. The first kappa shape index (κ1) is 23.4. The molecule has 1 aromatic carbocycles. The van der Waals surface area contributed by atoms with Gasteiger partial charge < -0.3 is 19.7 Å². The van der Waals surface area contributed by atoms with Crippen LogP contribution in [0.25, 0.3) is 6.08 Å². The number of hydrogen-bond donors (Lipinski definition) is 1.